The second-order valence-corrected chi connectivity index (χ2v) is 4.79. The molecule has 2 aromatic rings. The molecule has 1 N–H and O–H groups in total. The van der Waals surface area contributed by atoms with Crippen molar-refractivity contribution in [3.8, 4) is 5.75 Å². The van der Waals surface area contributed by atoms with Crippen molar-refractivity contribution in [2.45, 2.75) is 19.4 Å². The van der Waals surface area contributed by atoms with Gasteiger partial charge in [0.2, 0.25) is 0 Å². The molecule has 2 aromatic carbocycles. The molecule has 0 spiro atoms. The van der Waals surface area contributed by atoms with Gasteiger partial charge in [0.25, 0.3) is 0 Å². The Labute approximate surface area is 118 Å². The number of halogens is 1. The third-order valence-electron chi connectivity index (χ3n) is 2.90. The van der Waals surface area contributed by atoms with Gasteiger partial charge in [-0.1, -0.05) is 35.9 Å². The van der Waals surface area contributed by atoms with Crippen molar-refractivity contribution in [1.29, 1.82) is 0 Å². The van der Waals surface area contributed by atoms with Crippen LogP contribution in [-0.4, -0.2) is 11.7 Å². The number of benzene rings is 2. The van der Waals surface area contributed by atoms with Gasteiger partial charge < -0.3 is 9.84 Å². The van der Waals surface area contributed by atoms with Crippen LogP contribution < -0.4 is 4.74 Å². The maximum Gasteiger partial charge on any atom is 0.119 e. The van der Waals surface area contributed by atoms with Crippen molar-refractivity contribution in [3.05, 3.63) is 64.7 Å². The Hall–Kier alpha value is -1.51. The molecule has 0 aliphatic heterocycles. The summed E-state index contributed by atoms with van der Waals surface area (Å²) < 4.78 is 5.43. The van der Waals surface area contributed by atoms with E-state index in [0.717, 1.165) is 16.9 Å². The van der Waals surface area contributed by atoms with Crippen LogP contribution in [0.25, 0.3) is 0 Å². The Balaban J connectivity index is 2.08. The smallest absolute Gasteiger partial charge is 0.119 e. The van der Waals surface area contributed by atoms with E-state index in [1.807, 2.05) is 55.5 Å². The minimum atomic E-state index is -0.540. The third-order valence-corrected chi connectivity index (χ3v) is 3.15. The molecule has 3 heteroatoms. The molecule has 0 amide bonds. The fourth-order valence-corrected chi connectivity index (χ4v) is 2.07. The van der Waals surface area contributed by atoms with Crippen LogP contribution in [0.5, 0.6) is 5.75 Å². The lowest BCUT2D eigenvalue weighted by Crippen LogP contribution is -2.02. The monoisotopic (exact) mass is 276 g/mol. The number of hydrogen-bond donors (Lipinski definition) is 1. The summed E-state index contributed by atoms with van der Waals surface area (Å²) in [7, 11) is 0. The van der Waals surface area contributed by atoms with Gasteiger partial charge in [0.15, 0.2) is 0 Å². The van der Waals surface area contributed by atoms with E-state index in [4.69, 9.17) is 16.3 Å². The molecule has 1 unspecified atom stereocenters. The molecule has 19 heavy (non-hydrogen) atoms. The lowest BCUT2D eigenvalue weighted by molar-refractivity contribution is 0.178. The van der Waals surface area contributed by atoms with E-state index in [-0.39, 0.29) is 0 Å². The summed E-state index contributed by atoms with van der Waals surface area (Å²) in [5.41, 5.74) is 1.92. The third kappa shape index (κ3) is 3.98. The molecule has 1 atom stereocenters. The van der Waals surface area contributed by atoms with Crippen LogP contribution in [0.15, 0.2) is 48.5 Å². The molecular formula is C16H17ClO2. The quantitative estimate of drug-likeness (QED) is 0.894. The minimum Gasteiger partial charge on any atom is -0.494 e. The predicted molar refractivity (Wildman–Crippen MR) is 77.7 cm³/mol. The van der Waals surface area contributed by atoms with Crippen LogP contribution in [0, 0.1) is 0 Å². The van der Waals surface area contributed by atoms with Crippen molar-refractivity contribution in [1.82, 2.24) is 0 Å². The molecule has 0 radical (unpaired) electrons. The maximum atomic E-state index is 10.2. The fourth-order valence-electron chi connectivity index (χ4n) is 1.94. The van der Waals surface area contributed by atoms with E-state index in [9.17, 15) is 5.11 Å². The average molecular weight is 277 g/mol. The van der Waals surface area contributed by atoms with E-state index in [0.29, 0.717) is 18.1 Å². The molecule has 0 aliphatic carbocycles. The van der Waals surface area contributed by atoms with Gasteiger partial charge in [-0.25, -0.2) is 0 Å². The first kappa shape index (κ1) is 13.9. The summed E-state index contributed by atoms with van der Waals surface area (Å²) >= 11 is 5.84. The largest absolute Gasteiger partial charge is 0.494 e. The van der Waals surface area contributed by atoms with E-state index in [1.54, 1.807) is 0 Å². The van der Waals surface area contributed by atoms with E-state index >= 15 is 0 Å². The molecule has 0 heterocycles. The molecular weight excluding hydrogens is 260 g/mol. The van der Waals surface area contributed by atoms with Crippen LogP contribution in [-0.2, 0) is 6.42 Å². The van der Waals surface area contributed by atoms with Gasteiger partial charge in [-0.3, -0.25) is 0 Å². The zero-order valence-corrected chi connectivity index (χ0v) is 11.6. The Morgan fingerprint density at radius 3 is 2.58 bits per heavy atom. The molecule has 0 bridgehead atoms. The second-order valence-electron chi connectivity index (χ2n) is 4.35. The molecule has 0 saturated heterocycles. The van der Waals surface area contributed by atoms with Gasteiger partial charge in [-0.05, 0) is 42.3 Å². The SMILES string of the molecule is CCOc1cccc(C(O)Cc2ccc(Cl)cc2)c1. The van der Waals surface area contributed by atoms with E-state index in [2.05, 4.69) is 0 Å². The first-order chi connectivity index (χ1) is 9.19. The van der Waals surface area contributed by atoms with Crippen molar-refractivity contribution >= 4 is 11.6 Å². The van der Waals surface area contributed by atoms with Gasteiger partial charge in [-0.2, -0.15) is 0 Å². The standard InChI is InChI=1S/C16H17ClO2/c1-2-19-15-5-3-4-13(11-15)16(18)10-12-6-8-14(17)9-7-12/h3-9,11,16,18H,2,10H2,1H3. The van der Waals surface area contributed by atoms with Crippen LogP contribution >= 0.6 is 11.6 Å². The molecule has 0 fully saturated rings. The molecule has 0 saturated carbocycles. The Bertz CT molecular complexity index is 523. The predicted octanol–water partition coefficient (Wildman–Crippen LogP) is 4.01. The van der Waals surface area contributed by atoms with Crippen LogP contribution in [0.3, 0.4) is 0 Å². The number of rotatable bonds is 5. The number of aliphatic hydroxyl groups is 1. The summed E-state index contributed by atoms with van der Waals surface area (Å²) in [6, 6.07) is 15.1. The Morgan fingerprint density at radius 1 is 1.16 bits per heavy atom. The highest BCUT2D eigenvalue weighted by Gasteiger charge is 2.09. The highest BCUT2D eigenvalue weighted by Crippen LogP contribution is 2.23. The molecule has 2 rings (SSSR count). The lowest BCUT2D eigenvalue weighted by atomic mass is 10.0. The number of aliphatic hydroxyl groups excluding tert-OH is 1. The van der Waals surface area contributed by atoms with Gasteiger partial charge in [0.05, 0.1) is 12.7 Å². The Kier molecular flexibility index (Phi) is 4.83. The first-order valence-electron chi connectivity index (χ1n) is 6.34. The van der Waals surface area contributed by atoms with Crippen LogP contribution in [0.4, 0.5) is 0 Å². The summed E-state index contributed by atoms with van der Waals surface area (Å²) in [6.07, 6.45) is 0.0220. The first-order valence-corrected chi connectivity index (χ1v) is 6.72. The number of hydrogen-bond acceptors (Lipinski definition) is 2. The molecule has 100 valence electrons. The van der Waals surface area contributed by atoms with Crippen molar-refractivity contribution in [3.63, 3.8) is 0 Å². The van der Waals surface area contributed by atoms with Gasteiger partial charge in [-0.15, -0.1) is 0 Å². The van der Waals surface area contributed by atoms with Gasteiger partial charge >= 0.3 is 0 Å². The topological polar surface area (TPSA) is 29.5 Å². The summed E-state index contributed by atoms with van der Waals surface area (Å²) in [6.45, 7) is 2.56. The van der Waals surface area contributed by atoms with Gasteiger partial charge in [0, 0.05) is 11.4 Å². The summed E-state index contributed by atoms with van der Waals surface area (Å²) in [5, 5.41) is 11.0. The lowest BCUT2D eigenvalue weighted by Gasteiger charge is -2.12. The van der Waals surface area contributed by atoms with Crippen molar-refractivity contribution in [2.24, 2.45) is 0 Å². The van der Waals surface area contributed by atoms with Gasteiger partial charge in [0.1, 0.15) is 5.75 Å². The van der Waals surface area contributed by atoms with Crippen molar-refractivity contribution in [2.75, 3.05) is 6.61 Å². The average Bonchev–Trinajstić information content (AvgIpc) is 2.42. The Morgan fingerprint density at radius 2 is 1.89 bits per heavy atom. The zero-order valence-electron chi connectivity index (χ0n) is 10.8. The highest BCUT2D eigenvalue weighted by atomic mass is 35.5. The minimum absolute atomic E-state index is 0.540. The zero-order chi connectivity index (χ0) is 13.7. The molecule has 0 aliphatic rings. The fraction of sp³-hybridized carbons (Fsp3) is 0.250. The highest BCUT2D eigenvalue weighted by molar-refractivity contribution is 6.30. The molecule has 2 nitrogen and oxygen atoms in total. The van der Waals surface area contributed by atoms with Crippen LogP contribution in [0.2, 0.25) is 5.02 Å². The number of ether oxygens (including phenoxy) is 1. The summed E-state index contributed by atoms with van der Waals surface area (Å²) in [5.74, 6) is 0.787. The molecule has 0 aromatic heterocycles. The van der Waals surface area contributed by atoms with Crippen molar-refractivity contribution < 1.29 is 9.84 Å². The maximum absolute atomic E-state index is 10.2. The second kappa shape index (κ2) is 6.60. The normalized spacial score (nSPS) is 12.2. The van der Waals surface area contributed by atoms with Crippen LogP contribution in [0.1, 0.15) is 24.2 Å². The van der Waals surface area contributed by atoms with E-state index in [1.165, 1.54) is 0 Å². The van der Waals surface area contributed by atoms with E-state index < -0.39 is 6.10 Å². The summed E-state index contributed by atoms with van der Waals surface area (Å²) in [4.78, 5) is 0.